The van der Waals surface area contributed by atoms with Crippen LogP contribution in [0.2, 0.25) is 5.02 Å². The summed E-state index contributed by atoms with van der Waals surface area (Å²) in [6, 6.07) is 12.1. The Bertz CT molecular complexity index is 697. The Hall–Kier alpha value is -1.91. The van der Waals surface area contributed by atoms with Crippen molar-refractivity contribution in [3.8, 4) is 0 Å². The van der Waals surface area contributed by atoms with E-state index in [1.165, 1.54) is 11.8 Å². The molecule has 4 nitrogen and oxygen atoms in total. The molecular weight excluding hydrogens is 322 g/mol. The molecule has 1 aliphatic rings. The van der Waals surface area contributed by atoms with Crippen LogP contribution in [-0.2, 0) is 5.41 Å². The molecular formula is C19H22ClN3O. The number of nitrogens with one attached hydrogen (secondary N) is 1. The fourth-order valence-corrected chi connectivity index (χ4v) is 3.47. The Balaban J connectivity index is 1.77. The second kappa shape index (κ2) is 7.32. The number of rotatable bonds is 4. The highest BCUT2D eigenvalue weighted by Gasteiger charge is 2.35. The quantitative estimate of drug-likeness (QED) is 0.927. The molecule has 1 N–H and O–H groups in total. The van der Waals surface area contributed by atoms with E-state index in [9.17, 15) is 4.79 Å². The number of hydrogen-bond donors (Lipinski definition) is 1. The van der Waals surface area contributed by atoms with E-state index in [1.807, 2.05) is 6.07 Å². The number of halogens is 1. The minimum absolute atomic E-state index is 0.0184. The molecule has 2 aromatic rings. The molecule has 126 valence electrons. The average molecular weight is 344 g/mol. The molecule has 0 spiro atoms. The standard InChI is InChI=1S/C19H22ClN3O/c1-23-9-7-19(8-10-23,16-5-3-2-4-6-16)14-22-18(24)15-11-17(20)13-21-12-15/h2-6,11-13H,7-10,14H2,1H3,(H,22,24). The lowest BCUT2D eigenvalue weighted by atomic mass is 9.72. The Kier molecular flexibility index (Phi) is 5.17. The molecule has 0 bridgehead atoms. The first kappa shape index (κ1) is 16.9. The predicted octanol–water partition coefficient (Wildman–Crippen LogP) is 3.13. The molecule has 1 saturated heterocycles. The van der Waals surface area contributed by atoms with Gasteiger partial charge in [0.1, 0.15) is 0 Å². The fourth-order valence-electron chi connectivity index (χ4n) is 3.29. The Morgan fingerprint density at radius 2 is 1.96 bits per heavy atom. The van der Waals surface area contributed by atoms with E-state index in [4.69, 9.17) is 11.6 Å². The van der Waals surface area contributed by atoms with Gasteiger partial charge in [0, 0.05) is 24.4 Å². The lowest BCUT2D eigenvalue weighted by Crippen LogP contribution is -2.48. The number of piperidine rings is 1. The van der Waals surface area contributed by atoms with Crippen LogP contribution in [0.5, 0.6) is 0 Å². The largest absolute Gasteiger partial charge is 0.351 e. The second-order valence-electron chi connectivity index (χ2n) is 6.52. The van der Waals surface area contributed by atoms with Crippen LogP contribution in [0.3, 0.4) is 0 Å². The zero-order valence-electron chi connectivity index (χ0n) is 13.8. The number of carbonyl (C=O) groups is 1. The molecule has 5 heteroatoms. The lowest BCUT2D eigenvalue weighted by molar-refractivity contribution is 0.0927. The van der Waals surface area contributed by atoms with Crippen LogP contribution in [-0.4, -0.2) is 42.5 Å². The summed E-state index contributed by atoms with van der Waals surface area (Å²) in [5.74, 6) is -0.126. The monoisotopic (exact) mass is 343 g/mol. The summed E-state index contributed by atoms with van der Waals surface area (Å²) in [5.41, 5.74) is 1.77. The maximum Gasteiger partial charge on any atom is 0.252 e. The van der Waals surface area contributed by atoms with Crippen LogP contribution in [0.4, 0.5) is 0 Å². The van der Waals surface area contributed by atoms with E-state index in [-0.39, 0.29) is 11.3 Å². The Morgan fingerprint density at radius 1 is 1.25 bits per heavy atom. The third-order valence-electron chi connectivity index (χ3n) is 4.88. The highest BCUT2D eigenvalue weighted by molar-refractivity contribution is 6.30. The number of nitrogens with zero attached hydrogens (tertiary/aromatic N) is 2. The van der Waals surface area contributed by atoms with Gasteiger partial charge in [-0.05, 0) is 44.6 Å². The smallest absolute Gasteiger partial charge is 0.252 e. The summed E-state index contributed by atoms with van der Waals surface area (Å²) < 4.78 is 0. The topological polar surface area (TPSA) is 45.2 Å². The SMILES string of the molecule is CN1CCC(CNC(=O)c2cncc(Cl)c2)(c2ccccc2)CC1. The van der Waals surface area contributed by atoms with Gasteiger partial charge in [-0.1, -0.05) is 41.9 Å². The van der Waals surface area contributed by atoms with Gasteiger partial charge in [-0.2, -0.15) is 0 Å². The predicted molar refractivity (Wildman–Crippen MR) is 96.4 cm³/mol. The molecule has 3 rings (SSSR count). The average Bonchev–Trinajstić information content (AvgIpc) is 2.62. The van der Waals surface area contributed by atoms with Crippen molar-refractivity contribution in [2.45, 2.75) is 18.3 Å². The second-order valence-corrected chi connectivity index (χ2v) is 6.96. The number of hydrogen-bond acceptors (Lipinski definition) is 3. The zero-order chi connectivity index (χ0) is 17.0. The highest BCUT2D eigenvalue weighted by Crippen LogP contribution is 2.34. The maximum absolute atomic E-state index is 12.5. The van der Waals surface area contributed by atoms with E-state index in [0.717, 1.165) is 25.9 Å². The van der Waals surface area contributed by atoms with E-state index in [1.54, 1.807) is 12.3 Å². The first-order chi connectivity index (χ1) is 11.6. The van der Waals surface area contributed by atoms with Crippen molar-refractivity contribution in [1.82, 2.24) is 15.2 Å². The van der Waals surface area contributed by atoms with E-state index in [0.29, 0.717) is 17.1 Å². The minimum atomic E-state index is -0.126. The summed E-state index contributed by atoms with van der Waals surface area (Å²) in [5, 5.41) is 3.57. The van der Waals surface area contributed by atoms with Crippen LogP contribution < -0.4 is 5.32 Å². The summed E-state index contributed by atoms with van der Waals surface area (Å²) in [6.45, 7) is 2.68. The van der Waals surface area contributed by atoms with Crippen molar-refractivity contribution in [3.63, 3.8) is 0 Å². The first-order valence-electron chi connectivity index (χ1n) is 8.22. The molecule has 0 saturated carbocycles. The number of likely N-dealkylation sites (tertiary alicyclic amines) is 1. The third kappa shape index (κ3) is 3.77. The Morgan fingerprint density at radius 3 is 2.62 bits per heavy atom. The fraction of sp³-hybridized carbons (Fsp3) is 0.368. The van der Waals surface area contributed by atoms with E-state index < -0.39 is 0 Å². The normalized spacial score (nSPS) is 17.4. The summed E-state index contributed by atoms with van der Waals surface area (Å²) in [7, 11) is 2.14. The van der Waals surface area contributed by atoms with Gasteiger partial charge in [-0.3, -0.25) is 9.78 Å². The number of pyridine rings is 1. The molecule has 1 aromatic carbocycles. The van der Waals surface area contributed by atoms with Crippen LogP contribution in [0.25, 0.3) is 0 Å². The van der Waals surface area contributed by atoms with Gasteiger partial charge in [-0.15, -0.1) is 0 Å². The molecule has 1 fully saturated rings. The number of carbonyl (C=O) groups excluding carboxylic acids is 1. The molecule has 1 amide bonds. The zero-order valence-corrected chi connectivity index (χ0v) is 14.6. The van der Waals surface area contributed by atoms with Crippen LogP contribution in [0, 0.1) is 0 Å². The number of benzene rings is 1. The summed E-state index contributed by atoms with van der Waals surface area (Å²) >= 11 is 5.93. The van der Waals surface area contributed by atoms with Crippen molar-refractivity contribution < 1.29 is 4.79 Å². The number of amides is 1. The van der Waals surface area contributed by atoms with Gasteiger partial charge in [0.15, 0.2) is 0 Å². The van der Waals surface area contributed by atoms with Crippen molar-refractivity contribution >= 4 is 17.5 Å². The van der Waals surface area contributed by atoms with Gasteiger partial charge in [0.25, 0.3) is 5.91 Å². The Labute approximate surface area is 147 Å². The van der Waals surface area contributed by atoms with Gasteiger partial charge >= 0.3 is 0 Å². The molecule has 24 heavy (non-hydrogen) atoms. The highest BCUT2D eigenvalue weighted by atomic mass is 35.5. The van der Waals surface area contributed by atoms with E-state index in [2.05, 4.69) is 46.5 Å². The van der Waals surface area contributed by atoms with Gasteiger partial charge in [-0.25, -0.2) is 0 Å². The maximum atomic E-state index is 12.5. The molecule has 0 unspecified atom stereocenters. The lowest BCUT2D eigenvalue weighted by Gasteiger charge is -2.41. The van der Waals surface area contributed by atoms with Crippen LogP contribution in [0.1, 0.15) is 28.8 Å². The molecule has 0 radical (unpaired) electrons. The summed E-state index contributed by atoms with van der Waals surface area (Å²) in [4.78, 5) is 18.8. The van der Waals surface area contributed by atoms with Crippen LogP contribution in [0.15, 0.2) is 48.8 Å². The van der Waals surface area contributed by atoms with Crippen molar-refractivity contribution in [2.75, 3.05) is 26.7 Å². The van der Waals surface area contributed by atoms with Gasteiger partial charge < -0.3 is 10.2 Å². The minimum Gasteiger partial charge on any atom is -0.351 e. The first-order valence-corrected chi connectivity index (χ1v) is 8.60. The molecule has 0 aliphatic carbocycles. The van der Waals surface area contributed by atoms with Gasteiger partial charge in [0.2, 0.25) is 0 Å². The molecule has 1 aliphatic heterocycles. The van der Waals surface area contributed by atoms with E-state index >= 15 is 0 Å². The van der Waals surface area contributed by atoms with Crippen molar-refractivity contribution in [1.29, 1.82) is 0 Å². The molecule has 2 heterocycles. The summed E-state index contributed by atoms with van der Waals surface area (Å²) in [6.07, 6.45) is 5.13. The van der Waals surface area contributed by atoms with Crippen LogP contribution >= 0.6 is 11.6 Å². The molecule has 1 aromatic heterocycles. The van der Waals surface area contributed by atoms with Crippen molar-refractivity contribution in [2.24, 2.45) is 0 Å². The van der Waals surface area contributed by atoms with Crippen molar-refractivity contribution in [3.05, 3.63) is 64.9 Å². The van der Waals surface area contributed by atoms with Gasteiger partial charge in [0.05, 0.1) is 10.6 Å². The molecule has 0 atom stereocenters. The third-order valence-corrected chi connectivity index (χ3v) is 5.09. The number of aromatic nitrogens is 1.